The number of amides is 1. The van der Waals surface area contributed by atoms with Crippen LogP contribution < -0.4 is 0 Å². The molecule has 0 aliphatic carbocycles. The number of imidazole rings is 1. The van der Waals surface area contributed by atoms with Crippen LogP contribution in [0.3, 0.4) is 0 Å². The topological polar surface area (TPSA) is 106 Å². The second kappa shape index (κ2) is 6.52. The number of rotatable bonds is 4. The number of likely N-dealkylation sites (tertiary alicyclic amines) is 1. The van der Waals surface area contributed by atoms with Crippen molar-refractivity contribution < 1.29 is 19.2 Å². The van der Waals surface area contributed by atoms with Crippen LogP contribution in [0.5, 0.6) is 0 Å². The standard InChI is InChI=1S/C16H17N5O4/c22-16(23)20-6-3-12(4-7-20)24-10-13-18-15(25-19-13)11-1-2-14-17-5-8-21(14)9-11/h1-2,5,8-9,12H,3-4,6-7,10H2,(H,22,23). The van der Waals surface area contributed by atoms with Gasteiger partial charge in [-0.3, -0.25) is 0 Å². The van der Waals surface area contributed by atoms with Crippen molar-refractivity contribution in [1.82, 2.24) is 24.4 Å². The Morgan fingerprint density at radius 1 is 1.36 bits per heavy atom. The highest BCUT2D eigenvalue weighted by Crippen LogP contribution is 2.19. The van der Waals surface area contributed by atoms with Gasteiger partial charge < -0.3 is 23.7 Å². The number of piperidine rings is 1. The average molecular weight is 343 g/mol. The first kappa shape index (κ1) is 15.6. The molecule has 4 rings (SSSR count). The van der Waals surface area contributed by atoms with Crippen LogP contribution in [0, 0.1) is 0 Å². The number of nitrogens with zero attached hydrogens (tertiary/aromatic N) is 5. The van der Waals surface area contributed by atoms with E-state index in [2.05, 4.69) is 15.1 Å². The monoisotopic (exact) mass is 343 g/mol. The molecule has 0 bridgehead atoms. The lowest BCUT2D eigenvalue weighted by Gasteiger charge is -2.29. The Labute approximate surface area is 142 Å². The van der Waals surface area contributed by atoms with E-state index in [0.717, 1.165) is 11.2 Å². The lowest BCUT2D eigenvalue weighted by molar-refractivity contribution is -0.00294. The quantitative estimate of drug-likeness (QED) is 0.772. The Kier molecular flexibility index (Phi) is 4.06. The summed E-state index contributed by atoms with van der Waals surface area (Å²) < 4.78 is 13.0. The summed E-state index contributed by atoms with van der Waals surface area (Å²) in [5, 5.41) is 12.9. The maximum absolute atomic E-state index is 10.9. The molecule has 4 heterocycles. The number of hydrogen-bond acceptors (Lipinski definition) is 6. The molecule has 3 aromatic rings. The molecule has 9 nitrogen and oxygen atoms in total. The summed E-state index contributed by atoms with van der Waals surface area (Å²) in [5.41, 5.74) is 1.65. The number of carbonyl (C=O) groups is 1. The largest absolute Gasteiger partial charge is 0.465 e. The Hall–Kier alpha value is -2.94. The zero-order chi connectivity index (χ0) is 17.2. The first-order valence-corrected chi connectivity index (χ1v) is 8.04. The van der Waals surface area contributed by atoms with Gasteiger partial charge in [0.05, 0.1) is 11.7 Å². The van der Waals surface area contributed by atoms with E-state index in [-0.39, 0.29) is 12.7 Å². The SMILES string of the molecule is O=C(O)N1CCC(OCc2noc(-c3ccc4nccn4c3)n2)CC1. The van der Waals surface area contributed by atoms with Crippen LogP contribution in [0.15, 0.2) is 35.2 Å². The van der Waals surface area contributed by atoms with Crippen molar-refractivity contribution in [3.63, 3.8) is 0 Å². The van der Waals surface area contributed by atoms with Crippen LogP contribution in [0.25, 0.3) is 17.1 Å². The summed E-state index contributed by atoms with van der Waals surface area (Å²) in [6, 6.07) is 3.76. The van der Waals surface area contributed by atoms with E-state index in [1.54, 1.807) is 6.20 Å². The minimum absolute atomic E-state index is 0.0137. The molecule has 9 heteroatoms. The molecule has 130 valence electrons. The van der Waals surface area contributed by atoms with Crippen molar-refractivity contribution in [2.24, 2.45) is 0 Å². The second-order valence-electron chi connectivity index (χ2n) is 5.91. The fraction of sp³-hybridized carbons (Fsp3) is 0.375. The van der Waals surface area contributed by atoms with E-state index < -0.39 is 6.09 Å². The highest BCUT2D eigenvalue weighted by Gasteiger charge is 2.23. The van der Waals surface area contributed by atoms with E-state index in [0.29, 0.717) is 37.6 Å². The zero-order valence-corrected chi connectivity index (χ0v) is 13.4. The maximum atomic E-state index is 10.9. The van der Waals surface area contributed by atoms with E-state index in [9.17, 15) is 4.79 Å². The molecule has 1 fully saturated rings. The van der Waals surface area contributed by atoms with Crippen molar-refractivity contribution >= 4 is 11.7 Å². The van der Waals surface area contributed by atoms with E-state index >= 15 is 0 Å². The van der Waals surface area contributed by atoms with Gasteiger partial charge in [-0.2, -0.15) is 4.98 Å². The van der Waals surface area contributed by atoms with Crippen LogP contribution in [0.1, 0.15) is 18.7 Å². The van der Waals surface area contributed by atoms with Gasteiger partial charge in [-0.25, -0.2) is 9.78 Å². The lowest BCUT2D eigenvalue weighted by atomic mass is 10.1. The number of ether oxygens (including phenoxy) is 1. The third-order valence-electron chi connectivity index (χ3n) is 4.26. The normalized spacial score (nSPS) is 15.8. The smallest absolute Gasteiger partial charge is 0.407 e. The molecule has 1 amide bonds. The van der Waals surface area contributed by atoms with Gasteiger partial charge >= 0.3 is 6.09 Å². The molecule has 1 N–H and O–H groups in total. The van der Waals surface area contributed by atoms with Crippen LogP contribution >= 0.6 is 0 Å². The average Bonchev–Trinajstić information content (AvgIpc) is 3.28. The minimum Gasteiger partial charge on any atom is -0.465 e. The van der Waals surface area contributed by atoms with Gasteiger partial charge in [0.15, 0.2) is 5.82 Å². The first-order valence-electron chi connectivity index (χ1n) is 8.04. The van der Waals surface area contributed by atoms with Gasteiger partial charge in [0.1, 0.15) is 12.3 Å². The Bertz CT molecular complexity index is 881. The molecule has 0 saturated carbocycles. The summed E-state index contributed by atoms with van der Waals surface area (Å²) >= 11 is 0. The minimum atomic E-state index is -0.879. The fourth-order valence-electron chi connectivity index (χ4n) is 2.88. The molecular weight excluding hydrogens is 326 g/mol. The van der Waals surface area contributed by atoms with Gasteiger partial charge in [0, 0.05) is 31.7 Å². The van der Waals surface area contributed by atoms with Crippen LogP contribution in [-0.2, 0) is 11.3 Å². The number of pyridine rings is 1. The van der Waals surface area contributed by atoms with Crippen molar-refractivity contribution in [3.05, 3.63) is 36.5 Å². The predicted octanol–water partition coefficient (Wildman–Crippen LogP) is 2.04. The highest BCUT2D eigenvalue weighted by atomic mass is 16.5. The van der Waals surface area contributed by atoms with E-state index in [4.69, 9.17) is 14.4 Å². The van der Waals surface area contributed by atoms with Gasteiger partial charge in [0.25, 0.3) is 5.89 Å². The molecule has 0 radical (unpaired) electrons. The molecule has 1 aliphatic rings. The molecule has 0 atom stereocenters. The van der Waals surface area contributed by atoms with Crippen LogP contribution in [0.2, 0.25) is 0 Å². The van der Waals surface area contributed by atoms with Crippen molar-refractivity contribution in [2.45, 2.75) is 25.6 Å². The molecule has 0 aromatic carbocycles. The molecule has 0 spiro atoms. The molecular formula is C16H17N5O4. The Morgan fingerprint density at radius 2 is 2.20 bits per heavy atom. The summed E-state index contributed by atoms with van der Waals surface area (Å²) in [6.07, 6.45) is 5.94. The van der Waals surface area contributed by atoms with E-state index in [1.807, 2.05) is 28.9 Å². The van der Waals surface area contributed by atoms with Crippen molar-refractivity contribution in [1.29, 1.82) is 0 Å². The molecule has 3 aromatic heterocycles. The van der Waals surface area contributed by atoms with Gasteiger partial charge in [-0.1, -0.05) is 5.16 Å². The van der Waals surface area contributed by atoms with Crippen molar-refractivity contribution in [3.8, 4) is 11.5 Å². The number of carboxylic acid groups (broad SMARTS) is 1. The maximum Gasteiger partial charge on any atom is 0.407 e. The molecule has 1 aliphatic heterocycles. The first-order chi connectivity index (χ1) is 12.2. The number of aromatic nitrogens is 4. The summed E-state index contributed by atoms with van der Waals surface area (Å²) in [6.45, 7) is 1.22. The van der Waals surface area contributed by atoms with Crippen LogP contribution in [0.4, 0.5) is 4.79 Å². The molecule has 0 unspecified atom stereocenters. The van der Waals surface area contributed by atoms with E-state index in [1.165, 1.54) is 4.90 Å². The van der Waals surface area contributed by atoms with Crippen molar-refractivity contribution in [2.75, 3.05) is 13.1 Å². The molecule has 25 heavy (non-hydrogen) atoms. The van der Waals surface area contributed by atoms with Gasteiger partial charge in [0.2, 0.25) is 0 Å². The van der Waals surface area contributed by atoms with Gasteiger partial charge in [-0.15, -0.1) is 0 Å². The lowest BCUT2D eigenvalue weighted by Crippen LogP contribution is -2.40. The number of fused-ring (bicyclic) bond motifs is 1. The summed E-state index contributed by atoms with van der Waals surface area (Å²) in [7, 11) is 0. The van der Waals surface area contributed by atoms with Gasteiger partial charge in [-0.05, 0) is 25.0 Å². The Morgan fingerprint density at radius 3 is 3.00 bits per heavy atom. The second-order valence-corrected chi connectivity index (χ2v) is 5.91. The summed E-state index contributed by atoms with van der Waals surface area (Å²) in [5.74, 6) is 0.899. The third kappa shape index (κ3) is 3.31. The highest BCUT2D eigenvalue weighted by molar-refractivity contribution is 5.65. The fourth-order valence-corrected chi connectivity index (χ4v) is 2.88. The third-order valence-corrected chi connectivity index (χ3v) is 4.26. The zero-order valence-electron chi connectivity index (χ0n) is 13.4. The van der Waals surface area contributed by atoms with Crippen LogP contribution in [-0.4, -0.2) is 54.8 Å². The number of hydrogen-bond donors (Lipinski definition) is 1. The predicted molar refractivity (Wildman–Crippen MR) is 85.9 cm³/mol. The Balaban J connectivity index is 1.36. The molecule has 1 saturated heterocycles. The summed E-state index contributed by atoms with van der Waals surface area (Å²) in [4.78, 5) is 20.8.